The second-order valence-corrected chi connectivity index (χ2v) is 5.57. The lowest BCUT2D eigenvalue weighted by Gasteiger charge is -2.11. The van der Waals surface area contributed by atoms with Crippen molar-refractivity contribution in [3.63, 3.8) is 0 Å². The molecule has 0 aliphatic carbocycles. The van der Waals surface area contributed by atoms with Gasteiger partial charge in [-0.25, -0.2) is 18.7 Å². The zero-order valence-electron chi connectivity index (χ0n) is 15.0. The summed E-state index contributed by atoms with van der Waals surface area (Å²) in [7, 11) is 3.06. The Morgan fingerprint density at radius 1 is 0.893 bits per heavy atom. The Morgan fingerprint density at radius 3 is 2.36 bits per heavy atom. The summed E-state index contributed by atoms with van der Waals surface area (Å²) in [5.74, 6) is -1.20. The number of methoxy groups -OCH3 is 2. The molecule has 28 heavy (non-hydrogen) atoms. The van der Waals surface area contributed by atoms with Gasteiger partial charge in [0.25, 0.3) is 5.91 Å². The molecule has 1 aromatic heterocycles. The lowest BCUT2D eigenvalue weighted by molar-refractivity contribution is 0.102. The van der Waals surface area contributed by atoms with E-state index in [2.05, 4.69) is 20.6 Å². The Labute approximate surface area is 159 Å². The van der Waals surface area contributed by atoms with Crippen LogP contribution in [0.25, 0.3) is 0 Å². The highest BCUT2D eigenvalue weighted by Gasteiger charge is 2.12. The lowest BCUT2D eigenvalue weighted by Crippen LogP contribution is -2.14. The number of anilines is 3. The van der Waals surface area contributed by atoms with Gasteiger partial charge in [-0.05, 0) is 24.3 Å². The molecule has 3 rings (SSSR count). The molecule has 144 valence electrons. The Bertz CT molecular complexity index is 1010. The fraction of sp³-hybridized carbons (Fsp3) is 0.105. The molecule has 0 aliphatic rings. The zero-order chi connectivity index (χ0) is 20.1. The van der Waals surface area contributed by atoms with Crippen molar-refractivity contribution in [2.75, 3.05) is 24.9 Å². The first-order chi connectivity index (χ1) is 13.5. The van der Waals surface area contributed by atoms with E-state index in [1.165, 1.54) is 32.7 Å². The van der Waals surface area contributed by atoms with Gasteiger partial charge in [0, 0.05) is 29.6 Å². The number of hydrogen-bond donors (Lipinski definition) is 2. The van der Waals surface area contributed by atoms with Crippen molar-refractivity contribution in [3.05, 3.63) is 66.1 Å². The Morgan fingerprint density at radius 2 is 1.64 bits per heavy atom. The first-order valence-corrected chi connectivity index (χ1v) is 8.07. The summed E-state index contributed by atoms with van der Waals surface area (Å²) >= 11 is 0. The average molecular weight is 386 g/mol. The van der Waals surface area contributed by atoms with Crippen molar-refractivity contribution in [2.24, 2.45) is 0 Å². The van der Waals surface area contributed by atoms with E-state index in [0.717, 1.165) is 12.1 Å². The molecule has 0 saturated carbocycles. The van der Waals surface area contributed by atoms with Crippen LogP contribution in [-0.2, 0) is 0 Å². The number of ether oxygens (including phenoxy) is 2. The van der Waals surface area contributed by atoms with Gasteiger partial charge in [0.15, 0.2) is 23.1 Å². The van der Waals surface area contributed by atoms with E-state index in [4.69, 9.17) is 9.47 Å². The Hall–Kier alpha value is -3.75. The minimum Gasteiger partial charge on any atom is -0.493 e. The minimum atomic E-state index is -1.06. The molecule has 0 aliphatic heterocycles. The van der Waals surface area contributed by atoms with Crippen LogP contribution in [0.5, 0.6) is 11.5 Å². The smallest absolute Gasteiger partial charge is 0.274 e. The van der Waals surface area contributed by atoms with E-state index in [0.29, 0.717) is 23.0 Å². The van der Waals surface area contributed by atoms with Gasteiger partial charge in [0.05, 0.1) is 14.2 Å². The number of rotatable bonds is 6. The first-order valence-electron chi connectivity index (χ1n) is 8.07. The number of carbonyl (C=O) groups excluding carboxylic acids is 1. The van der Waals surface area contributed by atoms with Gasteiger partial charge in [-0.2, -0.15) is 0 Å². The van der Waals surface area contributed by atoms with Crippen LogP contribution in [0.2, 0.25) is 0 Å². The Kier molecular flexibility index (Phi) is 5.64. The van der Waals surface area contributed by atoms with Crippen LogP contribution >= 0.6 is 0 Å². The van der Waals surface area contributed by atoms with E-state index >= 15 is 0 Å². The van der Waals surface area contributed by atoms with Gasteiger partial charge in [0.2, 0.25) is 0 Å². The monoisotopic (exact) mass is 386 g/mol. The van der Waals surface area contributed by atoms with Crippen LogP contribution < -0.4 is 20.1 Å². The van der Waals surface area contributed by atoms with Crippen LogP contribution in [0, 0.1) is 11.6 Å². The summed E-state index contributed by atoms with van der Waals surface area (Å²) in [5.41, 5.74) is 0.808. The number of hydrogen-bond acceptors (Lipinski definition) is 6. The minimum absolute atomic E-state index is 0.0442. The third kappa shape index (κ3) is 4.32. The maximum atomic E-state index is 13.3. The normalized spacial score (nSPS) is 10.3. The SMILES string of the molecule is COc1ccc(Nc2cc(C(=O)Nc3ccc(F)c(F)c3)ncn2)cc1OC. The second kappa shape index (κ2) is 8.30. The summed E-state index contributed by atoms with van der Waals surface area (Å²) in [5, 5.41) is 5.48. The molecule has 0 spiro atoms. The van der Waals surface area contributed by atoms with Gasteiger partial charge in [-0.1, -0.05) is 0 Å². The highest BCUT2D eigenvalue weighted by atomic mass is 19.2. The van der Waals surface area contributed by atoms with Crippen LogP contribution in [0.1, 0.15) is 10.5 Å². The number of amides is 1. The summed E-state index contributed by atoms with van der Waals surface area (Å²) in [6.07, 6.45) is 1.21. The number of nitrogens with zero attached hydrogens (tertiary/aromatic N) is 2. The molecule has 0 fully saturated rings. The van der Waals surface area contributed by atoms with E-state index < -0.39 is 17.5 Å². The third-order valence-electron chi connectivity index (χ3n) is 3.73. The van der Waals surface area contributed by atoms with Crippen LogP contribution in [0.4, 0.5) is 26.0 Å². The molecule has 0 radical (unpaired) electrons. The van der Waals surface area contributed by atoms with Crippen molar-refractivity contribution in [1.29, 1.82) is 0 Å². The van der Waals surface area contributed by atoms with E-state index in [1.54, 1.807) is 18.2 Å². The standard InChI is InChI=1S/C19H16F2N4O3/c1-27-16-6-4-12(8-17(16)28-2)24-18-9-15(22-10-23-18)19(26)25-11-3-5-13(20)14(21)7-11/h3-10H,1-2H3,(H,25,26)(H,22,23,24). The molecule has 2 N–H and O–H groups in total. The largest absolute Gasteiger partial charge is 0.493 e. The van der Waals surface area contributed by atoms with E-state index in [1.807, 2.05) is 0 Å². The molecule has 0 bridgehead atoms. The molecule has 7 nitrogen and oxygen atoms in total. The molecule has 0 saturated heterocycles. The predicted octanol–water partition coefficient (Wildman–Crippen LogP) is 3.77. The van der Waals surface area contributed by atoms with E-state index in [9.17, 15) is 13.6 Å². The number of benzene rings is 2. The summed E-state index contributed by atoms with van der Waals surface area (Å²) in [4.78, 5) is 20.3. The molecule has 9 heteroatoms. The second-order valence-electron chi connectivity index (χ2n) is 5.57. The topological polar surface area (TPSA) is 85.4 Å². The summed E-state index contributed by atoms with van der Waals surface area (Å²) in [6.45, 7) is 0. The van der Waals surface area contributed by atoms with Crippen molar-refractivity contribution in [3.8, 4) is 11.5 Å². The van der Waals surface area contributed by atoms with Gasteiger partial charge in [-0.15, -0.1) is 0 Å². The molecule has 1 amide bonds. The summed E-state index contributed by atoms with van der Waals surface area (Å²) in [6, 6.07) is 9.67. The Balaban J connectivity index is 1.76. The first kappa shape index (κ1) is 19.0. The average Bonchev–Trinajstić information content (AvgIpc) is 2.71. The predicted molar refractivity (Wildman–Crippen MR) is 99.2 cm³/mol. The maximum absolute atomic E-state index is 13.3. The molecule has 3 aromatic rings. The number of aromatic nitrogens is 2. The fourth-order valence-corrected chi connectivity index (χ4v) is 2.38. The number of carbonyl (C=O) groups is 1. The third-order valence-corrected chi connectivity index (χ3v) is 3.73. The fourth-order valence-electron chi connectivity index (χ4n) is 2.38. The zero-order valence-corrected chi connectivity index (χ0v) is 15.0. The number of nitrogens with one attached hydrogen (secondary N) is 2. The van der Waals surface area contributed by atoms with Gasteiger partial charge >= 0.3 is 0 Å². The van der Waals surface area contributed by atoms with Gasteiger partial charge in [0.1, 0.15) is 17.8 Å². The van der Waals surface area contributed by atoms with Gasteiger partial charge in [-0.3, -0.25) is 4.79 Å². The van der Waals surface area contributed by atoms with Crippen molar-refractivity contribution in [2.45, 2.75) is 0 Å². The van der Waals surface area contributed by atoms with Crippen molar-refractivity contribution >= 4 is 23.1 Å². The quantitative estimate of drug-likeness (QED) is 0.671. The molecular weight excluding hydrogens is 370 g/mol. The summed E-state index contributed by atoms with van der Waals surface area (Å²) < 4.78 is 36.7. The lowest BCUT2D eigenvalue weighted by atomic mass is 10.2. The van der Waals surface area contributed by atoms with Crippen LogP contribution in [0.15, 0.2) is 48.8 Å². The van der Waals surface area contributed by atoms with Crippen LogP contribution in [-0.4, -0.2) is 30.1 Å². The van der Waals surface area contributed by atoms with Crippen LogP contribution in [0.3, 0.4) is 0 Å². The molecular formula is C19H16F2N4O3. The van der Waals surface area contributed by atoms with Crippen molar-refractivity contribution < 1.29 is 23.0 Å². The number of halogens is 2. The molecule has 2 aromatic carbocycles. The maximum Gasteiger partial charge on any atom is 0.274 e. The molecule has 0 unspecified atom stereocenters. The van der Waals surface area contributed by atoms with Gasteiger partial charge < -0.3 is 20.1 Å². The van der Waals surface area contributed by atoms with Crippen molar-refractivity contribution in [1.82, 2.24) is 9.97 Å². The highest BCUT2D eigenvalue weighted by Crippen LogP contribution is 2.30. The molecule has 1 heterocycles. The highest BCUT2D eigenvalue weighted by molar-refractivity contribution is 6.03. The van der Waals surface area contributed by atoms with E-state index in [-0.39, 0.29) is 11.4 Å². The molecule has 0 atom stereocenters.